The Labute approximate surface area is 144 Å². The highest BCUT2D eigenvalue weighted by Crippen LogP contribution is 2.22. The molecule has 2 aromatic heterocycles. The number of aromatic nitrogens is 2. The van der Waals surface area contributed by atoms with Crippen LogP contribution in [0.5, 0.6) is 5.88 Å². The summed E-state index contributed by atoms with van der Waals surface area (Å²) in [6, 6.07) is 10.6. The molecule has 24 heavy (non-hydrogen) atoms. The van der Waals surface area contributed by atoms with Gasteiger partial charge in [-0.25, -0.2) is 13.4 Å². The summed E-state index contributed by atoms with van der Waals surface area (Å²) in [7, 11) is -3.21. The molecule has 3 aromatic rings. The van der Waals surface area contributed by atoms with E-state index in [-0.39, 0.29) is 4.90 Å². The van der Waals surface area contributed by atoms with Gasteiger partial charge in [0.15, 0.2) is 9.84 Å². The Kier molecular flexibility index (Phi) is 4.64. The van der Waals surface area contributed by atoms with Gasteiger partial charge in [-0.2, -0.15) is 0 Å². The molecule has 0 aliphatic carbocycles. The number of ether oxygens (including phenoxy) is 1. The van der Waals surface area contributed by atoms with Crippen molar-refractivity contribution < 1.29 is 13.2 Å². The van der Waals surface area contributed by atoms with Gasteiger partial charge in [0.25, 0.3) is 0 Å². The molecule has 0 fully saturated rings. The number of hydrogen-bond acceptors (Lipinski definition) is 6. The monoisotopic (exact) mass is 360 g/mol. The average Bonchev–Trinajstić information content (AvgIpc) is 2.98. The molecule has 1 aromatic carbocycles. The van der Waals surface area contributed by atoms with Gasteiger partial charge in [-0.3, -0.25) is 4.98 Å². The van der Waals surface area contributed by atoms with E-state index < -0.39 is 9.84 Å². The first kappa shape index (κ1) is 16.6. The molecule has 0 radical (unpaired) electrons. The molecular weight excluding hydrogens is 344 g/mol. The first-order valence-electron chi connectivity index (χ1n) is 7.22. The quantitative estimate of drug-likeness (QED) is 0.696. The second kappa shape index (κ2) is 6.70. The lowest BCUT2D eigenvalue weighted by Crippen LogP contribution is -1.98. The predicted molar refractivity (Wildman–Crippen MR) is 94.0 cm³/mol. The van der Waals surface area contributed by atoms with Gasteiger partial charge < -0.3 is 4.74 Å². The lowest BCUT2D eigenvalue weighted by atomic mass is 10.2. The largest absolute Gasteiger partial charge is 0.471 e. The smallest absolute Gasteiger partial charge is 0.233 e. The molecule has 0 atom stereocenters. The molecule has 5 nitrogen and oxygen atoms in total. The van der Waals surface area contributed by atoms with Crippen LogP contribution in [0.1, 0.15) is 9.75 Å². The number of benzene rings is 1. The summed E-state index contributed by atoms with van der Waals surface area (Å²) >= 11 is 1.68. The number of aryl methyl sites for hydroxylation is 1. The van der Waals surface area contributed by atoms with E-state index in [1.54, 1.807) is 48.0 Å². The van der Waals surface area contributed by atoms with E-state index in [1.165, 1.54) is 11.1 Å². The Hall–Kier alpha value is -2.25. The van der Waals surface area contributed by atoms with Gasteiger partial charge in [0.1, 0.15) is 6.61 Å². The average molecular weight is 360 g/mol. The maximum atomic E-state index is 11.5. The summed E-state index contributed by atoms with van der Waals surface area (Å²) in [5, 5.41) is 0. The van der Waals surface area contributed by atoms with E-state index in [9.17, 15) is 8.42 Å². The van der Waals surface area contributed by atoms with Crippen molar-refractivity contribution in [1.82, 2.24) is 9.97 Å². The van der Waals surface area contributed by atoms with Crippen molar-refractivity contribution in [3.05, 3.63) is 58.5 Å². The lowest BCUT2D eigenvalue weighted by molar-refractivity contribution is 0.296. The minimum atomic E-state index is -3.21. The van der Waals surface area contributed by atoms with Gasteiger partial charge >= 0.3 is 0 Å². The van der Waals surface area contributed by atoms with Crippen molar-refractivity contribution in [3.63, 3.8) is 0 Å². The van der Waals surface area contributed by atoms with Gasteiger partial charge in [-0.1, -0.05) is 12.1 Å². The van der Waals surface area contributed by atoms with Crippen LogP contribution in [0.15, 0.2) is 53.7 Å². The molecule has 2 heterocycles. The van der Waals surface area contributed by atoms with E-state index >= 15 is 0 Å². The summed E-state index contributed by atoms with van der Waals surface area (Å²) in [6.07, 6.45) is 4.37. The minimum absolute atomic E-state index is 0.277. The Morgan fingerprint density at radius 1 is 1.08 bits per heavy atom. The van der Waals surface area contributed by atoms with Crippen LogP contribution in [0.3, 0.4) is 0 Å². The van der Waals surface area contributed by atoms with Gasteiger partial charge in [-0.15, -0.1) is 11.3 Å². The summed E-state index contributed by atoms with van der Waals surface area (Å²) in [5.41, 5.74) is 1.42. The minimum Gasteiger partial charge on any atom is -0.471 e. The van der Waals surface area contributed by atoms with Gasteiger partial charge in [0.2, 0.25) is 5.88 Å². The molecule has 0 aliphatic heterocycles. The normalized spacial score (nSPS) is 11.4. The standard InChI is InChI=1S/C17H16N2O3S2/c1-12-3-6-14(23-12)11-22-17-10-18-9-16(19-17)13-4-7-15(8-5-13)24(2,20)21/h3-10H,11H2,1-2H3. The maximum absolute atomic E-state index is 11.5. The van der Waals surface area contributed by atoms with Crippen LogP contribution in [-0.4, -0.2) is 24.6 Å². The third kappa shape index (κ3) is 3.98. The first-order valence-corrected chi connectivity index (χ1v) is 9.93. The van der Waals surface area contributed by atoms with Crippen molar-refractivity contribution in [2.45, 2.75) is 18.4 Å². The highest BCUT2D eigenvalue weighted by Gasteiger charge is 2.08. The molecule has 0 unspecified atom stereocenters. The second-order valence-corrected chi connectivity index (χ2v) is 8.73. The van der Waals surface area contributed by atoms with Crippen molar-refractivity contribution in [2.75, 3.05) is 6.26 Å². The fourth-order valence-electron chi connectivity index (χ4n) is 2.14. The van der Waals surface area contributed by atoms with Crippen LogP contribution in [0.4, 0.5) is 0 Å². The fraction of sp³-hybridized carbons (Fsp3) is 0.176. The van der Waals surface area contributed by atoms with Gasteiger partial charge in [0, 0.05) is 21.6 Å². The highest BCUT2D eigenvalue weighted by molar-refractivity contribution is 7.90. The van der Waals surface area contributed by atoms with Crippen LogP contribution in [0, 0.1) is 6.92 Å². The van der Waals surface area contributed by atoms with E-state index in [0.717, 1.165) is 10.4 Å². The van der Waals surface area contributed by atoms with Gasteiger partial charge in [0.05, 0.1) is 23.0 Å². The molecule has 0 N–H and O–H groups in total. The van der Waals surface area contributed by atoms with Crippen molar-refractivity contribution in [1.29, 1.82) is 0 Å². The SMILES string of the molecule is Cc1ccc(COc2cncc(-c3ccc(S(C)(=O)=O)cc3)n2)s1. The van der Waals surface area contributed by atoms with Gasteiger partial charge in [-0.05, 0) is 31.2 Å². The Bertz CT molecular complexity index is 948. The van der Waals surface area contributed by atoms with Crippen LogP contribution < -0.4 is 4.74 Å². The maximum Gasteiger partial charge on any atom is 0.233 e. The zero-order valence-electron chi connectivity index (χ0n) is 13.3. The number of rotatable bonds is 5. The molecule has 7 heteroatoms. The fourth-order valence-corrected chi connectivity index (χ4v) is 3.57. The third-order valence-electron chi connectivity index (χ3n) is 3.35. The van der Waals surface area contributed by atoms with E-state index in [0.29, 0.717) is 18.2 Å². The lowest BCUT2D eigenvalue weighted by Gasteiger charge is -2.06. The topological polar surface area (TPSA) is 69.2 Å². The molecular formula is C17H16N2O3S2. The summed E-state index contributed by atoms with van der Waals surface area (Å²) < 4.78 is 28.7. The molecule has 0 bridgehead atoms. The molecule has 0 spiro atoms. The molecule has 0 saturated heterocycles. The van der Waals surface area contributed by atoms with Crippen molar-refractivity contribution in [3.8, 4) is 17.1 Å². The Balaban J connectivity index is 1.77. The Morgan fingerprint density at radius 3 is 2.46 bits per heavy atom. The molecule has 0 amide bonds. The number of hydrogen-bond donors (Lipinski definition) is 0. The number of sulfone groups is 1. The van der Waals surface area contributed by atoms with Crippen LogP contribution in [0.25, 0.3) is 11.3 Å². The number of nitrogens with zero attached hydrogens (tertiary/aromatic N) is 2. The van der Waals surface area contributed by atoms with E-state index in [1.807, 2.05) is 6.07 Å². The van der Waals surface area contributed by atoms with Crippen molar-refractivity contribution >= 4 is 21.2 Å². The second-order valence-electron chi connectivity index (χ2n) is 5.34. The Morgan fingerprint density at radius 2 is 1.83 bits per heavy atom. The van der Waals surface area contributed by atoms with Crippen LogP contribution >= 0.6 is 11.3 Å². The number of thiophene rings is 1. The molecule has 0 aliphatic rings. The zero-order valence-corrected chi connectivity index (χ0v) is 14.9. The van der Waals surface area contributed by atoms with Crippen LogP contribution in [0.2, 0.25) is 0 Å². The third-order valence-corrected chi connectivity index (χ3v) is 5.45. The predicted octanol–water partition coefficient (Wildman–Crippen LogP) is 3.50. The van der Waals surface area contributed by atoms with E-state index in [2.05, 4.69) is 23.0 Å². The molecule has 0 saturated carbocycles. The molecule has 3 rings (SSSR count). The highest BCUT2D eigenvalue weighted by atomic mass is 32.2. The van der Waals surface area contributed by atoms with Crippen molar-refractivity contribution in [2.24, 2.45) is 0 Å². The summed E-state index contributed by atoms with van der Waals surface area (Å²) in [6.45, 7) is 2.50. The summed E-state index contributed by atoms with van der Waals surface area (Å²) in [4.78, 5) is 11.2. The zero-order chi connectivity index (χ0) is 17.2. The molecule has 124 valence electrons. The van der Waals surface area contributed by atoms with Crippen LogP contribution in [-0.2, 0) is 16.4 Å². The first-order chi connectivity index (χ1) is 11.4. The summed E-state index contributed by atoms with van der Waals surface area (Å²) in [5.74, 6) is 0.436. The van der Waals surface area contributed by atoms with E-state index in [4.69, 9.17) is 4.74 Å².